The Kier molecular flexibility index (Phi) is 7.42. The van der Waals surface area contributed by atoms with Gasteiger partial charge in [-0.1, -0.05) is 62.4 Å². The van der Waals surface area contributed by atoms with Crippen LogP contribution in [0.1, 0.15) is 48.2 Å². The van der Waals surface area contributed by atoms with Crippen molar-refractivity contribution in [3.8, 4) is 0 Å². The highest BCUT2D eigenvalue weighted by molar-refractivity contribution is 7.89. The van der Waals surface area contributed by atoms with Gasteiger partial charge in [-0.15, -0.1) is 11.3 Å². The lowest BCUT2D eigenvalue weighted by molar-refractivity contribution is -0.121. The molecule has 158 valence electrons. The van der Waals surface area contributed by atoms with Gasteiger partial charge in [-0.2, -0.15) is 0 Å². The Morgan fingerprint density at radius 3 is 2.20 bits per heavy atom. The van der Waals surface area contributed by atoms with Gasteiger partial charge in [0.2, 0.25) is 15.9 Å². The molecule has 1 atom stereocenters. The van der Waals surface area contributed by atoms with E-state index in [1.54, 1.807) is 29.5 Å². The smallest absolute Gasteiger partial charge is 0.240 e. The number of nitrogens with one attached hydrogen (secondary N) is 2. The van der Waals surface area contributed by atoms with Crippen molar-refractivity contribution in [2.45, 2.75) is 37.1 Å². The lowest BCUT2D eigenvalue weighted by Crippen LogP contribution is -2.33. The van der Waals surface area contributed by atoms with E-state index in [-0.39, 0.29) is 29.8 Å². The second-order valence-electron chi connectivity index (χ2n) is 7.30. The van der Waals surface area contributed by atoms with Crippen molar-refractivity contribution in [3.63, 3.8) is 0 Å². The molecule has 0 saturated heterocycles. The maximum atomic E-state index is 12.6. The molecule has 0 saturated carbocycles. The maximum Gasteiger partial charge on any atom is 0.240 e. The van der Waals surface area contributed by atoms with Crippen molar-refractivity contribution in [1.82, 2.24) is 10.0 Å². The Balaban J connectivity index is 1.64. The van der Waals surface area contributed by atoms with Crippen LogP contribution in [0.4, 0.5) is 0 Å². The van der Waals surface area contributed by atoms with Crippen molar-refractivity contribution >= 4 is 27.3 Å². The van der Waals surface area contributed by atoms with Crippen LogP contribution in [0.3, 0.4) is 0 Å². The molecule has 3 aromatic rings. The van der Waals surface area contributed by atoms with Gasteiger partial charge >= 0.3 is 0 Å². The Morgan fingerprint density at radius 1 is 0.933 bits per heavy atom. The molecule has 2 N–H and O–H groups in total. The minimum absolute atomic E-state index is 0.0342. The van der Waals surface area contributed by atoms with Gasteiger partial charge in [0.15, 0.2) is 0 Å². The van der Waals surface area contributed by atoms with Crippen molar-refractivity contribution in [2.75, 3.05) is 6.54 Å². The SMILES string of the molecule is CC(C)c1ccc(C(NC(=O)CCNS(=O)(=O)c2ccccc2)c2cccs2)cc1. The first-order chi connectivity index (χ1) is 14.4. The molecule has 5 nitrogen and oxygen atoms in total. The Hall–Kier alpha value is -2.48. The van der Waals surface area contributed by atoms with Crippen LogP contribution in [0.25, 0.3) is 0 Å². The van der Waals surface area contributed by atoms with E-state index in [0.717, 1.165) is 10.4 Å². The van der Waals surface area contributed by atoms with E-state index < -0.39 is 10.0 Å². The fourth-order valence-corrected chi connectivity index (χ4v) is 4.92. The Morgan fingerprint density at radius 2 is 1.60 bits per heavy atom. The number of carbonyl (C=O) groups is 1. The molecule has 1 unspecified atom stereocenters. The zero-order valence-corrected chi connectivity index (χ0v) is 18.7. The molecule has 0 spiro atoms. The number of amides is 1. The predicted octanol–water partition coefficient (Wildman–Crippen LogP) is 4.45. The van der Waals surface area contributed by atoms with Crippen LogP contribution >= 0.6 is 11.3 Å². The molecule has 0 radical (unpaired) electrons. The van der Waals surface area contributed by atoms with Gasteiger partial charge < -0.3 is 5.32 Å². The summed E-state index contributed by atoms with van der Waals surface area (Å²) >= 11 is 1.58. The van der Waals surface area contributed by atoms with Crippen LogP contribution in [0.2, 0.25) is 0 Å². The van der Waals surface area contributed by atoms with Crippen molar-refractivity contribution in [3.05, 3.63) is 88.1 Å². The highest BCUT2D eigenvalue weighted by Gasteiger charge is 2.19. The van der Waals surface area contributed by atoms with Gasteiger partial charge in [0, 0.05) is 17.8 Å². The van der Waals surface area contributed by atoms with E-state index in [4.69, 9.17) is 0 Å². The first kappa shape index (κ1) is 22.2. The fraction of sp³-hybridized carbons (Fsp3) is 0.261. The van der Waals surface area contributed by atoms with E-state index in [2.05, 4.69) is 36.0 Å². The van der Waals surface area contributed by atoms with Crippen LogP contribution in [0.15, 0.2) is 77.0 Å². The van der Waals surface area contributed by atoms with Gasteiger partial charge in [0.25, 0.3) is 0 Å². The number of rotatable bonds is 9. The fourth-order valence-electron chi connectivity index (χ4n) is 3.06. The molecule has 0 aliphatic carbocycles. The quantitative estimate of drug-likeness (QED) is 0.514. The molecule has 0 bridgehead atoms. The third-order valence-corrected chi connectivity index (χ3v) is 7.18. The summed E-state index contributed by atoms with van der Waals surface area (Å²) in [5.41, 5.74) is 2.24. The van der Waals surface area contributed by atoms with Gasteiger partial charge in [-0.3, -0.25) is 4.79 Å². The average molecular weight is 443 g/mol. The first-order valence-corrected chi connectivity index (χ1v) is 12.2. The van der Waals surface area contributed by atoms with Crippen LogP contribution < -0.4 is 10.0 Å². The van der Waals surface area contributed by atoms with Gasteiger partial charge in [0.05, 0.1) is 10.9 Å². The molecule has 0 fully saturated rings. The third kappa shape index (κ3) is 5.78. The molecule has 1 aromatic heterocycles. The molecular weight excluding hydrogens is 416 g/mol. The Labute approximate surface area is 182 Å². The van der Waals surface area contributed by atoms with Gasteiger partial charge in [-0.25, -0.2) is 13.1 Å². The summed E-state index contributed by atoms with van der Waals surface area (Å²) in [7, 11) is -3.62. The van der Waals surface area contributed by atoms with E-state index in [1.807, 2.05) is 29.6 Å². The van der Waals surface area contributed by atoms with E-state index >= 15 is 0 Å². The molecule has 0 aliphatic heterocycles. The van der Waals surface area contributed by atoms with Crippen LogP contribution in [-0.2, 0) is 14.8 Å². The first-order valence-electron chi connectivity index (χ1n) is 9.84. The summed E-state index contributed by atoms with van der Waals surface area (Å²) in [6.45, 7) is 4.32. The second-order valence-corrected chi connectivity index (χ2v) is 10.0. The van der Waals surface area contributed by atoms with E-state index in [0.29, 0.717) is 5.92 Å². The highest BCUT2D eigenvalue weighted by atomic mass is 32.2. The van der Waals surface area contributed by atoms with Crippen molar-refractivity contribution in [2.24, 2.45) is 0 Å². The zero-order valence-electron chi connectivity index (χ0n) is 17.0. The van der Waals surface area contributed by atoms with Crippen molar-refractivity contribution < 1.29 is 13.2 Å². The highest BCUT2D eigenvalue weighted by Crippen LogP contribution is 2.27. The molecule has 7 heteroatoms. The summed E-state index contributed by atoms with van der Waals surface area (Å²) in [5.74, 6) is 0.226. The van der Waals surface area contributed by atoms with Crippen LogP contribution in [-0.4, -0.2) is 20.9 Å². The van der Waals surface area contributed by atoms with Crippen LogP contribution in [0, 0.1) is 0 Å². The van der Waals surface area contributed by atoms with Gasteiger partial charge in [-0.05, 0) is 40.6 Å². The molecule has 1 heterocycles. The summed E-state index contributed by atoms with van der Waals surface area (Å²) in [5, 5.41) is 5.02. The predicted molar refractivity (Wildman–Crippen MR) is 121 cm³/mol. The largest absolute Gasteiger partial charge is 0.344 e. The number of hydrogen-bond donors (Lipinski definition) is 2. The lowest BCUT2D eigenvalue weighted by atomic mass is 9.98. The van der Waals surface area contributed by atoms with Crippen molar-refractivity contribution in [1.29, 1.82) is 0 Å². The number of sulfonamides is 1. The summed E-state index contributed by atoms with van der Waals surface area (Å²) in [6, 6.07) is 20.1. The summed E-state index contributed by atoms with van der Waals surface area (Å²) < 4.78 is 27.1. The Bertz CT molecular complexity index is 1050. The second kappa shape index (κ2) is 10.0. The third-order valence-electron chi connectivity index (χ3n) is 4.77. The normalized spacial score (nSPS) is 12.6. The average Bonchev–Trinajstić information content (AvgIpc) is 3.27. The van der Waals surface area contributed by atoms with E-state index in [9.17, 15) is 13.2 Å². The molecule has 0 aliphatic rings. The van der Waals surface area contributed by atoms with Gasteiger partial charge in [0.1, 0.15) is 0 Å². The number of thiophene rings is 1. The number of hydrogen-bond acceptors (Lipinski definition) is 4. The molecular formula is C23H26N2O3S2. The molecule has 2 aromatic carbocycles. The van der Waals surface area contributed by atoms with E-state index in [1.165, 1.54) is 17.7 Å². The number of benzene rings is 2. The lowest BCUT2D eigenvalue weighted by Gasteiger charge is -2.19. The van der Waals surface area contributed by atoms with Crippen LogP contribution in [0.5, 0.6) is 0 Å². The topological polar surface area (TPSA) is 75.3 Å². The molecule has 30 heavy (non-hydrogen) atoms. The zero-order chi connectivity index (χ0) is 21.6. The standard InChI is InChI=1S/C23H26N2O3S2/c1-17(2)18-10-12-19(13-11-18)23(21-9-6-16-29-21)25-22(26)14-15-24-30(27,28)20-7-4-3-5-8-20/h3-13,16-17,23-24H,14-15H2,1-2H3,(H,25,26). The maximum absolute atomic E-state index is 12.6. The molecule has 1 amide bonds. The number of carbonyl (C=O) groups excluding carboxylic acids is 1. The molecule has 3 rings (SSSR count). The monoisotopic (exact) mass is 442 g/mol. The minimum Gasteiger partial charge on any atom is -0.344 e. The summed E-state index contributed by atoms with van der Waals surface area (Å²) in [6.07, 6.45) is 0.0536. The minimum atomic E-state index is -3.62. The summed E-state index contributed by atoms with van der Waals surface area (Å²) in [4.78, 5) is 13.8.